The molecule has 18 heavy (non-hydrogen) atoms. The number of hydrogen-bond donors (Lipinski definition) is 2. The molecule has 1 saturated carbocycles. The summed E-state index contributed by atoms with van der Waals surface area (Å²) in [5, 5.41) is 3.02. The highest BCUT2D eigenvalue weighted by molar-refractivity contribution is 7.14. The summed E-state index contributed by atoms with van der Waals surface area (Å²) in [5.74, 6) is 0.410. The van der Waals surface area contributed by atoms with Crippen molar-refractivity contribution in [3.63, 3.8) is 0 Å². The number of carbonyl (C=O) groups is 1. The first-order valence-corrected chi connectivity index (χ1v) is 7.14. The lowest BCUT2D eigenvalue weighted by Gasteiger charge is -2.45. The molecule has 1 aromatic rings. The first-order valence-electron chi connectivity index (χ1n) is 6.33. The van der Waals surface area contributed by atoms with Crippen LogP contribution in [0.25, 0.3) is 0 Å². The van der Waals surface area contributed by atoms with E-state index in [4.69, 9.17) is 10.5 Å². The van der Waals surface area contributed by atoms with Crippen molar-refractivity contribution >= 4 is 17.2 Å². The molecular formula is C13H18N2O2S. The lowest BCUT2D eigenvalue weighted by atomic mass is 9.72. The van der Waals surface area contributed by atoms with Crippen molar-refractivity contribution in [1.82, 2.24) is 5.32 Å². The normalized spacial score (nSPS) is 33.9. The van der Waals surface area contributed by atoms with Crippen molar-refractivity contribution in [2.45, 2.75) is 38.5 Å². The van der Waals surface area contributed by atoms with Crippen molar-refractivity contribution in [2.75, 3.05) is 6.61 Å². The minimum absolute atomic E-state index is 0.0206. The summed E-state index contributed by atoms with van der Waals surface area (Å²) in [4.78, 5) is 14.1. The fourth-order valence-electron chi connectivity index (χ4n) is 2.84. The van der Waals surface area contributed by atoms with Gasteiger partial charge in [0.1, 0.15) is 0 Å². The number of thiophene rings is 1. The molecular weight excluding hydrogens is 248 g/mol. The number of rotatable bonds is 2. The van der Waals surface area contributed by atoms with E-state index in [-0.39, 0.29) is 24.1 Å². The van der Waals surface area contributed by atoms with Crippen LogP contribution in [0, 0.1) is 19.8 Å². The molecule has 4 nitrogen and oxygen atoms in total. The highest BCUT2D eigenvalue weighted by atomic mass is 32.1. The number of amides is 1. The van der Waals surface area contributed by atoms with Crippen LogP contribution in [-0.2, 0) is 4.74 Å². The molecule has 2 heterocycles. The molecule has 2 fully saturated rings. The lowest BCUT2D eigenvalue weighted by molar-refractivity contribution is -0.0160. The Morgan fingerprint density at radius 1 is 1.56 bits per heavy atom. The van der Waals surface area contributed by atoms with Crippen LogP contribution in [0.5, 0.6) is 0 Å². The second-order valence-corrected chi connectivity index (χ2v) is 6.47. The zero-order chi connectivity index (χ0) is 12.9. The van der Waals surface area contributed by atoms with Gasteiger partial charge in [-0.1, -0.05) is 0 Å². The SMILES string of the molecule is Cc1cc(C(=O)NC2C(N)C3CCOC32)sc1C. The molecule has 1 aromatic heterocycles. The van der Waals surface area contributed by atoms with Crippen LogP contribution in [-0.4, -0.2) is 30.7 Å². The van der Waals surface area contributed by atoms with Crippen LogP contribution in [0.1, 0.15) is 26.5 Å². The Bertz CT molecular complexity index is 466. The number of aryl methyl sites for hydroxylation is 2. The van der Waals surface area contributed by atoms with Gasteiger partial charge < -0.3 is 15.8 Å². The monoisotopic (exact) mass is 266 g/mol. The van der Waals surface area contributed by atoms with Gasteiger partial charge in [0.05, 0.1) is 17.0 Å². The van der Waals surface area contributed by atoms with E-state index in [9.17, 15) is 4.79 Å². The average Bonchev–Trinajstić information content (AvgIpc) is 2.91. The van der Waals surface area contributed by atoms with Crippen LogP contribution in [0.3, 0.4) is 0 Å². The Morgan fingerprint density at radius 2 is 2.33 bits per heavy atom. The highest BCUT2D eigenvalue weighted by Crippen LogP contribution is 2.38. The maximum atomic E-state index is 12.1. The summed E-state index contributed by atoms with van der Waals surface area (Å²) < 4.78 is 5.61. The summed E-state index contributed by atoms with van der Waals surface area (Å²) in [7, 11) is 0. The van der Waals surface area contributed by atoms with Crippen LogP contribution in [0.15, 0.2) is 6.07 Å². The van der Waals surface area contributed by atoms with Crippen LogP contribution in [0.2, 0.25) is 0 Å². The molecule has 1 aliphatic heterocycles. The van der Waals surface area contributed by atoms with Crippen molar-refractivity contribution in [3.8, 4) is 0 Å². The van der Waals surface area contributed by atoms with Gasteiger partial charge >= 0.3 is 0 Å². The van der Waals surface area contributed by atoms with Crippen LogP contribution < -0.4 is 11.1 Å². The smallest absolute Gasteiger partial charge is 0.261 e. The number of fused-ring (bicyclic) bond motifs is 1. The third-order valence-electron chi connectivity index (χ3n) is 4.13. The molecule has 1 aliphatic carbocycles. The number of hydrogen-bond acceptors (Lipinski definition) is 4. The molecule has 0 bridgehead atoms. The van der Waals surface area contributed by atoms with Crippen molar-refractivity contribution in [3.05, 3.63) is 21.4 Å². The summed E-state index contributed by atoms with van der Waals surface area (Å²) in [6, 6.07) is 1.96. The first kappa shape index (κ1) is 12.1. The van der Waals surface area contributed by atoms with Gasteiger partial charge in [-0.15, -0.1) is 11.3 Å². The molecule has 0 radical (unpaired) electrons. The van der Waals surface area contributed by atoms with Gasteiger partial charge in [-0.2, -0.15) is 0 Å². The zero-order valence-electron chi connectivity index (χ0n) is 10.6. The topological polar surface area (TPSA) is 64.4 Å². The van der Waals surface area contributed by atoms with E-state index in [2.05, 4.69) is 5.32 Å². The first-order chi connectivity index (χ1) is 8.58. The molecule has 4 atom stereocenters. The van der Waals surface area contributed by atoms with Gasteiger partial charge in [0, 0.05) is 23.4 Å². The Morgan fingerprint density at radius 3 is 3.00 bits per heavy atom. The van der Waals surface area contributed by atoms with Crippen LogP contribution in [0.4, 0.5) is 0 Å². The Balaban J connectivity index is 1.68. The fraction of sp³-hybridized carbons (Fsp3) is 0.615. The van der Waals surface area contributed by atoms with Crippen molar-refractivity contribution < 1.29 is 9.53 Å². The van der Waals surface area contributed by atoms with E-state index in [0.717, 1.165) is 23.5 Å². The van der Waals surface area contributed by atoms with E-state index in [0.29, 0.717) is 5.92 Å². The number of nitrogens with two attached hydrogens (primary N) is 1. The number of nitrogens with one attached hydrogen (secondary N) is 1. The second kappa shape index (κ2) is 4.33. The molecule has 3 rings (SSSR count). The van der Waals surface area contributed by atoms with E-state index in [1.54, 1.807) is 0 Å². The van der Waals surface area contributed by atoms with Crippen LogP contribution >= 0.6 is 11.3 Å². The largest absolute Gasteiger partial charge is 0.376 e. The third kappa shape index (κ3) is 1.77. The summed E-state index contributed by atoms with van der Waals surface area (Å²) in [6.45, 7) is 4.82. The summed E-state index contributed by atoms with van der Waals surface area (Å²) >= 11 is 1.53. The third-order valence-corrected chi connectivity index (χ3v) is 5.29. The molecule has 5 heteroatoms. The highest BCUT2D eigenvalue weighted by Gasteiger charge is 2.52. The predicted molar refractivity (Wildman–Crippen MR) is 70.9 cm³/mol. The maximum absolute atomic E-state index is 12.1. The van der Waals surface area contributed by atoms with Gasteiger partial charge in [0.25, 0.3) is 5.91 Å². The quantitative estimate of drug-likeness (QED) is 0.845. The van der Waals surface area contributed by atoms with E-state index in [1.807, 2.05) is 19.9 Å². The summed E-state index contributed by atoms with van der Waals surface area (Å²) in [6.07, 6.45) is 1.15. The molecule has 98 valence electrons. The standard InChI is InChI=1S/C13H18N2O2S/c1-6-5-9(18-7(6)2)13(16)15-11-10(14)8-3-4-17-12(8)11/h5,8,10-12H,3-4,14H2,1-2H3,(H,15,16). The molecule has 3 N–H and O–H groups in total. The predicted octanol–water partition coefficient (Wildman–Crippen LogP) is 1.21. The average molecular weight is 266 g/mol. The van der Waals surface area contributed by atoms with E-state index in [1.165, 1.54) is 16.2 Å². The Kier molecular flexibility index (Phi) is 2.92. The van der Waals surface area contributed by atoms with Gasteiger partial charge in [0.15, 0.2) is 0 Å². The molecule has 4 unspecified atom stereocenters. The molecule has 1 amide bonds. The number of ether oxygens (including phenoxy) is 1. The van der Waals surface area contributed by atoms with Gasteiger partial charge in [-0.25, -0.2) is 0 Å². The fourth-order valence-corrected chi connectivity index (χ4v) is 3.77. The minimum Gasteiger partial charge on any atom is -0.376 e. The van der Waals surface area contributed by atoms with Gasteiger partial charge in [-0.05, 0) is 31.9 Å². The Labute approximate surface area is 111 Å². The van der Waals surface area contributed by atoms with Crippen molar-refractivity contribution in [2.24, 2.45) is 11.7 Å². The van der Waals surface area contributed by atoms with Gasteiger partial charge in [-0.3, -0.25) is 4.79 Å². The molecule has 0 aromatic carbocycles. The second-order valence-electron chi connectivity index (χ2n) is 5.21. The summed E-state index contributed by atoms with van der Waals surface area (Å²) in [5.41, 5.74) is 7.24. The van der Waals surface area contributed by atoms with E-state index >= 15 is 0 Å². The van der Waals surface area contributed by atoms with Crippen molar-refractivity contribution in [1.29, 1.82) is 0 Å². The van der Waals surface area contributed by atoms with Gasteiger partial charge in [0.2, 0.25) is 0 Å². The Hall–Kier alpha value is -0.910. The molecule has 1 saturated heterocycles. The lowest BCUT2D eigenvalue weighted by Crippen LogP contribution is -2.68. The van der Waals surface area contributed by atoms with E-state index < -0.39 is 0 Å². The maximum Gasteiger partial charge on any atom is 0.261 e. The zero-order valence-corrected chi connectivity index (χ0v) is 11.4. The molecule has 2 aliphatic rings. The number of carbonyl (C=O) groups excluding carboxylic acids is 1. The minimum atomic E-state index is -0.0226. The molecule has 0 spiro atoms.